The van der Waals surface area contributed by atoms with E-state index in [9.17, 15) is 9.90 Å². The van der Waals surface area contributed by atoms with Gasteiger partial charge in [-0.15, -0.1) is 0 Å². The normalized spacial score (nSPS) is 12.6. The van der Waals surface area contributed by atoms with Gasteiger partial charge in [-0.05, 0) is 19.9 Å². The molecule has 0 bridgehead atoms. The quantitative estimate of drug-likeness (QED) is 0.825. The van der Waals surface area contributed by atoms with Crippen molar-refractivity contribution in [2.24, 2.45) is 0 Å². The van der Waals surface area contributed by atoms with E-state index >= 15 is 0 Å². The average Bonchev–Trinajstić information content (AvgIpc) is 2.81. The van der Waals surface area contributed by atoms with Crippen LogP contribution in [0.2, 0.25) is 0 Å². The Labute approximate surface area is 111 Å². The van der Waals surface area contributed by atoms with Gasteiger partial charge >= 0.3 is 0 Å². The Hall–Kier alpha value is -1.95. The fraction of sp³-hybridized carbons (Fsp3) is 0.462. The standard InChI is InChI=1S/C13H17NO5/c1-8(2)14-13(16)6-17-10-4-12-11(18-7-19-12)3-9(10)5-15/h3-4,8,15H,5-7H2,1-2H3,(H,14,16). The molecule has 0 radical (unpaired) electrons. The first-order chi connectivity index (χ1) is 9.10. The van der Waals surface area contributed by atoms with Crippen molar-refractivity contribution in [1.29, 1.82) is 0 Å². The number of hydrogen-bond donors (Lipinski definition) is 2. The van der Waals surface area contributed by atoms with E-state index in [2.05, 4.69) is 5.32 Å². The summed E-state index contributed by atoms with van der Waals surface area (Å²) < 4.78 is 15.8. The molecule has 0 spiro atoms. The van der Waals surface area contributed by atoms with Crippen LogP contribution in [0.15, 0.2) is 12.1 Å². The van der Waals surface area contributed by atoms with Crippen LogP contribution in [0.4, 0.5) is 0 Å². The van der Waals surface area contributed by atoms with Crippen LogP contribution in [0.5, 0.6) is 17.2 Å². The van der Waals surface area contributed by atoms with Crippen molar-refractivity contribution in [3.8, 4) is 17.2 Å². The number of carbonyl (C=O) groups excluding carboxylic acids is 1. The third-order valence-electron chi connectivity index (χ3n) is 2.53. The molecule has 1 aliphatic rings. The highest BCUT2D eigenvalue weighted by molar-refractivity contribution is 5.77. The molecule has 2 N–H and O–H groups in total. The van der Waals surface area contributed by atoms with Gasteiger partial charge in [0, 0.05) is 17.7 Å². The van der Waals surface area contributed by atoms with E-state index in [0.717, 1.165) is 0 Å². The Morgan fingerprint density at radius 3 is 2.74 bits per heavy atom. The molecular formula is C13H17NO5. The van der Waals surface area contributed by atoms with Gasteiger partial charge in [0.1, 0.15) is 5.75 Å². The summed E-state index contributed by atoms with van der Waals surface area (Å²) in [6.07, 6.45) is 0. The fourth-order valence-corrected chi connectivity index (χ4v) is 1.73. The molecule has 0 aliphatic carbocycles. The SMILES string of the molecule is CC(C)NC(=O)COc1cc2c(cc1CO)OCO2. The van der Waals surface area contributed by atoms with E-state index < -0.39 is 0 Å². The molecule has 2 rings (SSSR count). The first-order valence-electron chi connectivity index (χ1n) is 6.05. The van der Waals surface area contributed by atoms with E-state index in [1.807, 2.05) is 13.8 Å². The lowest BCUT2D eigenvalue weighted by molar-refractivity contribution is -0.123. The minimum Gasteiger partial charge on any atom is -0.483 e. The molecule has 0 atom stereocenters. The number of aliphatic hydroxyl groups excluding tert-OH is 1. The molecule has 6 nitrogen and oxygen atoms in total. The zero-order valence-electron chi connectivity index (χ0n) is 10.9. The molecular weight excluding hydrogens is 250 g/mol. The number of carbonyl (C=O) groups is 1. The topological polar surface area (TPSA) is 77.0 Å². The maximum absolute atomic E-state index is 11.5. The summed E-state index contributed by atoms with van der Waals surface area (Å²) in [6, 6.07) is 3.33. The van der Waals surface area contributed by atoms with Gasteiger partial charge < -0.3 is 24.6 Å². The van der Waals surface area contributed by atoms with E-state index in [4.69, 9.17) is 14.2 Å². The number of amides is 1. The third kappa shape index (κ3) is 3.29. The highest BCUT2D eigenvalue weighted by Crippen LogP contribution is 2.38. The molecule has 0 aromatic heterocycles. The number of rotatable bonds is 5. The van der Waals surface area contributed by atoms with Crippen LogP contribution in [0.3, 0.4) is 0 Å². The van der Waals surface area contributed by atoms with E-state index in [1.54, 1.807) is 12.1 Å². The summed E-state index contributed by atoms with van der Waals surface area (Å²) in [5, 5.41) is 12.0. The van der Waals surface area contributed by atoms with Gasteiger partial charge in [0.2, 0.25) is 6.79 Å². The van der Waals surface area contributed by atoms with Gasteiger partial charge in [0.05, 0.1) is 6.61 Å². The van der Waals surface area contributed by atoms with Gasteiger partial charge in [-0.3, -0.25) is 4.79 Å². The Morgan fingerprint density at radius 1 is 1.42 bits per heavy atom. The van der Waals surface area contributed by atoms with Crippen molar-refractivity contribution in [1.82, 2.24) is 5.32 Å². The Morgan fingerprint density at radius 2 is 2.11 bits per heavy atom. The van der Waals surface area contributed by atoms with Crippen LogP contribution < -0.4 is 19.5 Å². The van der Waals surface area contributed by atoms with Gasteiger partial charge in [0.15, 0.2) is 18.1 Å². The van der Waals surface area contributed by atoms with E-state index in [0.29, 0.717) is 22.8 Å². The molecule has 0 saturated heterocycles. The average molecular weight is 267 g/mol. The van der Waals surface area contributed by atoms with Crippen molar-refractivity contribution in [2.75, 3.05) is 13.4 Å². The molecule has 1 aromatic rings. The smallest absolute Gasteiger partial charge is 0.258 e. The maximum Gasteiger partial charge on any atom is 0.258 e. The largest absolute Gasteiger partial charge is 0.483 e. The van der Waals surface area contributed by atoms with E-state index in [1.165, 1.54) is 0 Å². The molecule has 104 valence electrons. The predicted molar refractivity (Wildman–Crippen MR) is 67.3 cm³/mol. The molecule has 0 unspecified atom stereocenters. The number of ether oxygens (including phenoxy) is 3. The van der Waals surface area contributed by atoms with Gasteiger partial charge in [0.25, 0.3) is 5.91 Å². The molecule has 1 aromatic carbocycles. The lowest BCUT2D eigenvalue weighted by Crippen LogP contribution is -2.34. The summed E-state index contributed by atoms with van der Waals surface area (Å²) in [6.45, 7) is 3.59. The predicted octanol–water partition coefficient (Wildman–Crippen LogP) is 0.811. The van der Waals surface area contributed by atoms with E-state index in [-0.39, 0.29) is 32.0 Å². The fourth-order valence-electron chi connectivity index (χ4n) is 1.73. The van der Waals surface area contributed by atoms with Crippen molar-refractivity contribution in [3.63, 3.8) is 0 Å². The molecule has 0 saturated carbocycles. The summed E-state index contributed by atoms with van der Waals surface area (Å²) in [4.78, 5) is 11.5. The minimum absolute atomic E-state index is 0.0603. The third-order valence-corrected chi connectivity index (χ3v) is 2.53. The molecule has 6 heteroatoms. The van der Waals surface area contributed by atoms with Crippen molar-refractivity contribution < 1.29 is 24.1 Å². The van der Waals surface area contributed by atoms with Crippen LogP contribution in [0, 0.1) is 0 Å². The molecule has 0 fully saturated rings. The van der Waals surface area contributed by atoms with Crippen LogP contribution in [-0.4, -0.2) is 30.5 Å². The summed E-state index contributed by atoms with van der Waals surface area (Å²) in [5.74, 6) is 1.33. The monoisotopic (exact) mass is 267 g/mol. The maximum atomic E-state index is 11.5. The summed E-state index contributed by atoms with van der Waals surface area (Å²) >= 11 is 0. The first-order valence-corrected chi connectivity index (χ1v) is 6.05. The zero-order valence-corrected chi connectivity index (χ0v) is 10.9. The number of hydrogen-bond acceptors (Lipinski definition) is 5. The number of aliphatic hydroxyl groups is 1. The Bertz CT molecular complexity index is 472. The molecule has 1 aliphatic heterocycles. The second kappa shape index (κ2) is 5.79. The Balaban J connectivity index is 2.05. The number of fused-ring (bicyclic) bond motifs is 1. The lowest BCUT2D eigenvalue weighted by Gasteiger charge is -2.12. The number of nitrogens with one attached hydrogen (secondary N) is 1. The van der Waals surface area contributed by atoms with Gasteiger partial charge in [-0.25, -0.2) is 0 Å². The Kier molecular flexibility index (Phi) is 4.11. The second-order valence-electron chi connectivity index (χ2n) is 4.48. The molecule has 1 amide bonds. The van der Waals surface area contributed by atoms with Crippen LogP contribution in [-0.2, 0) is 11.4 Å². The zero-order chi connectivity index (χ0) is 13.8. The lowest BCUT2D eigenvalue weighted by atomic mass is 10.2. The molecule has 19 heavy (non-hydrogen) atoms. The van der Waals surface area contributed by atoms with Gasteiger partial charge in [-0.1, -0.05) is 0 Å². The minimum atomic E-state index is -0.212. The molecule has 1 heterocycles. The van der Waals surface area contributed by atoms with Crippen molar-refractivity contribution >= 4 is 5.91 Å². The van der Waals surface area contributed by atoms with Crippen molar-refractivity contribution in [3.05, 3.63) is 17.7 Å². The van der Waals surface area contributed by atoms with Crippen LogP contribution in [0.1, 0.15) is 19.4 Å². The summed E-state index contributed by atoms with van der Waals surface area (Å²) in [7, 11) is 0. The number of benzene rings is 1. The van der Waals surface area contributed by atoms with Gasteiger partial charge in [-0.2, -0.15) is 0 Å². The first kappa shape index (κ1) is 13.5. The summed E-state index contributed by atoms with van der Waals surface area (Å²) in [5.41, 5.74) is 0.557. The second-order valence-corrected chi connectivity index (χ2v) is 4.48. The highest BCUT2D eigenvalue weighted by atomic mass is 16.7. The highest BCUT2D eigenvalue weighted by Gasteiger charge is 2.18. The van der Waals surface area contributed by atoms with Crippen LogP contribution >= 0.6 is 0 Å². The van der Waals surface area contributed by atoms with Crippen LogP contribution in [0.25, 0.3) is 0 Å². The van der Waals surface area contributed by atoms with Crippen molar-refractivity contribution in [2.45, 2.75) is 26.5 Å².